The highest BCUT2D eigenvalue weighted by Crippen LogP contribution is 2.62. The van der Waals surface area contributed by atoms with Gasteiger partial charge >= 0.3 is 0 Å². The summed E-state index contributed by atoms with van der Waals surface area (Å²) in [6.07, 6.45) is 13.6. The molecule has 2 aliphatic carbocycles. The van der Waals surface area contributed by atoms with E-state index in [0.717, 1.165) is 41.7 Å². The number of aliphatic hydroxyl groups excluding tert-OH is 3. The van der Waals surface area contributed by atoms with Crippen molar-refractivity contribution in [3.8, 4) is 17.2 Å². The number of rotatable bonds is 24. The number of nitrogens with zero attached hydrogens (tertiary/aromatic N) is 3. The average Bonchev–Trinajstić information content (AvgIpc) is 3.29. The molecule has 3 N–H and O–H groups in total. The number of hydrogen-bond acceptors (Lipinski definition) is 13. The smallest absolute Gasteiger partial charge is 0.269 e. The van der Waals surface area contributed by atoms with Gasteiger partial charge in [-0.05, 0) is 116 Å². The maximum Gasteiger partial charge on any atom is 0.269 e. The first kappa shape index (κ1) is 47.4. The van der Waals surface area contributed by atoms with Crippen LogP contribution in [0.15, 0.2) is 107 Å². The number of nitro benzene ring substituents is 1. The number of amides is 1. The van der Waals surface area contributed by atoms with Crippen LogP contribution in [0.4, 0.5) is 5.69 Å². The number of non-ortho nitro benzene ring substituents is 1. The third kappa shape index (κ3) is 11.2. The average molecular weight is 886 g/mol. The van der Waals surface area contributed by atoms with Gasteiger partial charge in [-0.25, -0.2) is 0 Å². The van der Waals surface area contributed by atoms with Crippen molar-refractivity contribution in [2.24, 2.45) is 22.9 Å². The quantitative estimate of drug-likeness (QED) is 0.0198. The summed E-state index contributed by atoms with van der Waals surface area (Å²) in [6, 6.07) is 18.8. The zero-order valence-corrected chi connectivity index (χ0v) is 36.8. The van der Waals surface area contributed by atoms with Crippen molar-refractivity contribution in [3.63, 3.8) is 0 Å². The number of carbonyl (C=O) groups excluding carboxylic acids is 1. The molecule has 63 heavy (non-hydrogen) atoms. The molecule has 6 atom stereocenters. The molecule has 14 nitrogen and oxygen atoms in total. The molecule has 1 aliphatic heterocycles. The second kappa shape index (κ2) is 23.1. The maximum absolute atomic E-state index is 14.7. The van der Waals surface area contributed by atoms with E-state index >= 15 is 0 Å². The van der Waals surface area contributed by atoms with Crippen molar-refractivity contribution < 1.29 is 48.8 Å². The maximum atomic E-state index is 14.7. The van der Waals surface area contributed by atoms with Crippen LogP contribution in [0.5, 0.6) is 17.2 Å². The molecule has 3 aliphatic rings. The molecule has 0 radical (unpaired) electrons. The molecule has 3 aromatic rings. The second-order valence-corrected chi connectivity index (χ2v) is 16.7. The zero-order valence-electron chi connectivity index (χ0n) is 36.0. The second-order valence-electron chi connectivity index (χ2n) is 15.8. The van der Waals surface area contributed by atoms with Gasteiger partial charge in [-0.1, -0.05) is 30.1 Å². The molecule has 0 saturated heterocycles. The first-order valence-electron chi connectivity index (χ1n) is 21.6. The van der Waals surface area contributed by atoms with Crippen LogP contribution in [0.2, 0.25) is 0 Å². The van der Waals surface area contributed by atoms with Gasteiger partial charge in [0, 0.05) is 60.8 Å². The fourth-order valence-electron chi connectivity index (χ4n) is 9.32. The van der Waals surface area contributed by atoms with Crippen LogP contribution in [0.1, 0.15) is 62.0 Å². The van der Waals surface area contributed by atoms with Crippen LogP contribution in [0.3, 0.4) is 0 Å². The standard InChI is InChI=1S/C48H59N3O11S/c1-4-27-60-48-44(50(23-28-59-29-26-54)45(55)22-13-33-11-14-35(15-12-33)51(56)57)32-42(49-58-2)40-30-34(9-5-7-24-52)39(10-6-8-25-53)46(47(40)48)41-31-37(18-21-43(41)62-48)61-36-16-19-38(63-3)20-17-36/h4,11-22,30-31,34,39,44,46-47,52-54H,1,5-10,23-29,32H2,2-3H3/t34-,39+,44-,46+,47+,48+/m0/s1. The lowest BCUT2D eigenvalue weighted by atomic mass is 9.55. The molecule has 1 saturated carbocycles. The lowest BCUT2D eigenvalue weighted by Gasteiger charge is -2.60. The largest absolute Gasteiger partial charge is 0.459 e. The van der Waals surface area contributed by atoms with E-state index in [-0.39, 0.29) is 76.0 Å². The predicted molar refractivity (Wildman–Crippen MR) is 242 cm³/mol. The van der Waals surface area contributed by atoms with Gasteiger partial charge in [0.15, 0.2) is 0 Å². The number of ether oxygens (including phenoxy) is 4. The first-order chi connectivity index (χ1) is 30.7. The van der Waals surface area contributed by atoms with E-state index < -0.39 is 28.6 Å². The lowest BCUT2D eigenvalue weighted by molar-refractivity contribution is -0.384. The summed E-state index contributed by atoms with van der Waals surface area (Å²) in [5.74, 6) is -0.738. The molecule has 15 heteroatoms. The Hall–Kier alpha value is -5.03. The Balaban J connectivity index is 1.54. The molecule has 338 valence electrons. The predicted octanol–water partition coefficient (Wildman–Crippen LogP) is 7.92. The van der Waals surface area contributed by atoms with E-state index in [1.54, 1.807) is 40.9 Å². The van der Waals surface area contributed by atoms with Crippen molar-refractivity contribution >= 4 is 35.1 Å². The van der Waals surface area contributed by atoms with Crippen molar-refractivity contribution in [2.45, 2.75) is 67.6 Å². The number of carbonyl (C=O) groups is 1. The molecule has 0 aromatic heterocycles. The lowest BCUT2D eigenvalue weighted by Crippen LogP contribution is -2.70. The van der Waals surface area contributed by atoms with E-state index in [1.165, 1.54) is 25.3 Å². The number of allylic oxidation sites excluding steroid dienone is 1. The molecule has 6 rings (SSSR count). The van der Waals surface area contributed by atoms with Crippen LogP contribution in [0.25, 0.3) is 6.08 Å². The number of nitro groups is 1. The summed E-state index contributed by atoms with van der Waals surface area (Å²) in [4.78, 5) is 33.9. The SMILES string of the molecule is C=CCO[C@@]12Oc3ccc(Oc4ccc(SC)cc4)cc3[C@H]3[C@H](CCCCO)[C@@H](CCCCO)C=C(C(=NOC)C[C@@H]1N(CCOCCO)C(=O)C=Cc1ccc([N+](=O)[O-])cc1)[C@H]32. The molecule has 1 amide bonds. The number of fused-ring (bicyclic) bond motifs is 2. The van der Waals surface area contributed by atoms with Gasteiger partial charge in [0.05, 0.1) is 43.0 Å². The van der Waals surface area contributed by atoms with Crippen LogP contribution in [0, 0.1) is 27.9 Å². The highest BCUT2D eigenvalue weighted by atomic mass is 32.2. The van der Waals surface area contributed by atoms with Crippen molar-refractivity contribution in [3.05, 3.63) is 118 Å². The zero-order chi connectivity index (χ0) is 44.8. The number of hydrogen-bond donors (Lipinski definition) is 3. The molecule has 1 heterocycles. The van der Waals surface area contributed by atoms with Gasteiger partial charge in [0.25, 0.3) is 5.69 Å². The van der Waals surface area contributed by atoms with Crippen LogP contribution >= 0.6 is 11.8 Å². The number of aliphatic hydroxyl groups is 3. The molecule has 1 fully saturated rings. The van der Waals surface area contributed by atoms with Gasteiger partial charge in [-0.3, -0.25) is 14.9 Å². The van der Waals surface area contributed by atoms with E-state index in [9.17, 15) is 30.2 Å². The third-order valence-corrected chi connectivity index (χ3v) is 12.8. The monoisotopic (exact) mass is 885 g/mol. The fraction of sp³-hybridized carbons (Fsp3) is 0.458. The minimum atomic E-state index is -1.50. The Labute approximate surface area is 373 Å². The third-order valence-electron chi connectivity index (χ3n) is 12.0. The number of thioether (sulfide) groups is 1. The fourth-order valence-corrected chi connectivity index (χ4v) is 9.73. The van der Waals surface area contributed by atoms with Crippen LogP contribution in [-0.4, -0.2) is 108 Å². The van der Waals surface area contributed by atoms with Crippen molar-refractivity contribution in [1.29, 1.82) is 0 Å². The van der Waals surface area contributed by atoms with Gasteiger partial charge < -0.3 is 44.0 Å². The summed E-state index contributed by atoms with van der Waals surface area (Å²) in [5.41, 5.74) is 2.97. The Kier molecular flexibility index (Phi) is 17.4. The molecule has 3 aromatic carbocycles. The molecule has 0 bridgehead atoms. The van der Waals surface area contributed by atoms with Gasteiger partial charge in [0.1, 0.15) is 30.4 Å². The van der Waals surface area contributed by atoms with Crippen molar-refractivity contribution in [2.75, 3.05) is 59.6 Å². The summed E-state index contributed by atoms with van der Waals surface area (Å²) < 4.78 is 26.6. The van der Waals surface area contributed by atoms with Crippen molar-refractivity contribution in [1.82, 2.24) is 4.90 Å². The molecular weight excluding hydrogens is 827 g/mol. The minimum Gasteiger partial charge on any atom is -0.459 e. The molecule has 0 unspecified atom stereocenters. The molecule has 0 spiro atoms. The minimum absolute atomic E-state index is 0.0103. The number of oxime groups is 1. The summed E-state index contributed by atoms with van der Waals surface area (Å²) in [7, 11) is 1.50. The highest BCUT2D eigenvalue weighted by Gasteiger charge is 2.65. The Morgan fingerprint density at radius 3 is 2.40 bits per heavy atom. The van der Waals surface area contributed by atoms with Crippen LogP contribution in [-0.2, 0) is 19.1 Å². The van der Waals surface area contributed by atoms with E-state index in [4.69, 9.17) is 23.8 Å². The molecular formula is C48H59N3O11S. The summed E-state index contributed by atoms with van der Waals surface area (Å²) >= 11 is 1.65. The summed E-state index contributed by atoms with van der Waals surface area (Å²) in [6.45, 7) is 4.28. The Morgan fingerprint density at radius 1 is 1.00 bits per heavy atom. The Bertz CT molecular complexity index is 2090. The highest BCUT2D eigenvalue weighted by molar-refractivity contribution is 7.98. The normalized spacial score (nSPS) is 23.0. The summed E-state index contributed by atoms with van der Waals surface area (Å²) in [5, 5.41) is 45.3. The van der Waals surface area contributed by atoms with Crippen LogP contribution < -0.4 is 9.47 Å². The van der Waals surface area contributed by atoms with E-state index in [0.29, 0.717) is 41.4 Å². The van der Waals surface area contributed by atoms with E-state index in [2.05, 4.69) is 17.8 Å². The Morgan fingerprint density at radius 2 is 1.73 bits per heavy atom. The van der Waals surface area contributed by atoms with Gasteiger partial charge in [-0.15, -0.1) is 18.3 Å². The first-order valence-corrected chi connectivity index (χ1v) is 22.8. The van der Waals surface area contributed by atoms with E-state index in [1.807, 2.05) is 48.7 Å². The van der Waals surface area contributed by atoms with Gasteiger partial charge in [-0.2, -0.15) is 0 Å². The number of unbranched alkanes of at least 4 members (excludes halogenated alkanes) is 2. The topological polar surface area (TPSA) is 183 Å². The number of benzene rings is 3. The van der Waals surface area contributed by atoms with Gasteiger partial charge in [0.2, 0.25) is 11.7 Å².